The van der Waals surface area contributed by atoms with E-state index in [2.05, 4.69) is 35.9 Å². The van der Waals surface area contributed by atoms with Crippen LogP contribution in [0.25, 0.3) is 11.1 Å². The predicted octanol–water partition coefficient (Wildman–Crippen LogP) is 4.91. The lowest BCUT2D eigenvalue weighted by molar-refractivity contribution is 0.144. The Morgan fingerprint density at radius 1 is 1.05 bits per heavy atom. The monoisotopic (exact) mass is 288 g/mol. The van der Waals surface area contributed by atoms with E-state index in [1.165, 1.54) is 4.90 Å². The summed E-state index contributed by atoms with van der Waals surface area (Å²) < 4.78 is 4.58. The maximum atomic E-state index is 10.4. The fourth-order valence-electron chi connectivity index (χ4n) is 1.78. The van der Waals surface area contributed by atoms with E-state index in [0.29, 0.717) is 5.75 Å². The van der Waals surface area contributed by atoms with E-state index in [9.17, 15) is 4.79 Å². The molecule has 0 spiro atoms. The standard InChI is InChI=1S/C16H16O3S/c1-2-11-20-15-9-5-13(6-10-15)12-3-7-14(8-4-12)19-16(17)18/h3-10H,2,11H2,1H3,(H,17,18). The molecule has 3 nitrogen and oxygen atoms in total. The summed E-state index contributed by atoms with van der Waals surface area (Å²) in [6.45, 7) is 2.17. The van der Waals surface area contributed by atoms with E-state index < -0.39 is 6.16 Å². The van der Waals surface area contributed by atoms with E-state index in [1.807, 2.05) is 23.9 Å². The van der Waals surface area contributed by atoms with Gasteiger partial charge in [0.25, 0.3) is 0 Å². The normalized spacial score (nSPS) is 10.2. The van der Waals surface area contributed by atoms with Crippen LogP contribution in [0.15, 0.2) is 53.4 Å². The maximum absolute atomic E-state index is 10.4. The molecule has 2 rings (SSSR count). The Balaban J connectivity index is 2.09. The van der Waals surface area contributed by atoms with Crippen molar-refractivity contribution in [3.8, 4) is 16.9 Å². The van der Waals surface area contributed by atoms with Gasteiger partial charge in [0, 0.05) is 4.90 Å². The number of rotatable bonds is 5. The molecule has 2 aromatic carbocycles. The number of benzene rings is 2. The first-order valence-electron chi connectivity index (χ1n) is 6.43. The molecule has 0 bridgehead atoms. The second kappa shape index (κ2) is 7.01. The molecule has 0 saturated carbocycles. The molecule has 0 unspecified atom stereocenters. The summed E-state index contributed by atoms with van der Waals surface area (Å²) in [5, 5.41) is 8.53. The Labute approximate surface area is 122 Å². The zero-order valence-corrected chi connectivity index (χ0v) is 12.0. The van der Waals surface area contributed by atoms with Gasteiger partial charge in [-0.2, -0.15) is 0 Å². The van der Waals surface area contributed by atoms with Crippen LogP contribution in [0.3, 0.4) is 0 Å². The van der Waals surface area contributed by atoms with E-state index in [0.717, 1.165) is 23.3 Å². The highest BCUT2D eigenvalue weighted by Gasteiger charge is 2.02. The highest BCUT2D eigenvalue weighted by Crippen LogP contribution is 2.26. The van der Waals surface area contributed by atoms with Crippen LogP contribution in [0.4, 0.5) is 4.79 Å². The fourth-order valence-corrected chi connectivity index (χ4v) is 2.55. The van der Waals surface area contributed by atoms with Crippen molar-refractivity contribution in [2.24, 2.45) is 0 Å². The first kappa shape index (κ1) is 14.5. The molecule has 4 heteroatoms. The van der Waals surface area contributed by atoms with Crippen LogP contribution in [0.1, 0.15) is 13.3 Å². The number of hydrogen-bond donors (Lipinski definition) is 1. The second-order valence-electron chi connectivity index (χ2n) is 4.27. The largest absolute Gasteiger partial charge is 0.511 e. The lowest BCUT2D eigenvalue weighted by atomic mass is 10.1. The predicted molar refractivity (Wildman–Crippen MR) is 81.5 cm³/mol. The number of hydrogen-bond acceptors (Lipinski definition) is 3. The summed E-state index contributed by atoms with van der Waals surface area (Å²) in [5.74, 6) is 1.46. The Bertz CT molecular complexity index is 561. The Kier molecular flexibility index (Phi) is 5.07. The second-order valence-corrected chi connectivity index (χ2v) is 5.43. The van der Waals surface area contributed by atoms with Crippen LogP contribution in [0, 0.1) is 0 Å². The summed E-state index contributed by atoms with van der Waals surface area (Å²) >= 11 is 1.85. The molecule has 0 aromatic heterocycles. The molecule has 0 amide bonds. The van der Waals surface area contributed by atoms with Gasteiger partial charge in [0.05, 0.1) is 0 Å². The van der Waals surface area contributed by atoms with Crippen LogP contribution in [0.2, 0.25) is 0 Å². The molecular formula is C16H16O3S. The highest BCUT2D eigenvalue weighted by atomic mass is 32.2. The van der Waals surface area contributed by atoms with E-state index >= 15 is 0 Å². The smallest absolute Gasteiger partial charge is 0.449 e. The first-order valence-corrected chi connectivity index (χ1v) is 7.41. The van der Waals surface area contributed by atoms with Crippen LogP contribution >= 0.6 is 11.8 Å². The van der Waals surface area contributed by atoms with Crippen molar-refractivity contribution in [2.75, 3.05) is 5.75 Å². The molecule has 20 heavy (non-hydrogen) atoms. The van der Waals surface area contributed by atoms with Crippen molar-refractivity contribution in [3.63, 3.8) is 0 Å². The molecule has 0 heterocycles. The van der Waals surface area contributed by atoms with Crippen molar-refractivity contribution in [1.82, 2.24) is 0 Å². The summed E-state index contributed by atoms with van der Waals surface area (Å²) in [6, 6.07) is 15.4. The topological polar surface area (TPSA) is 46.5 Å². The quantitative estimate of drug-likeness (QED) is 0.482. The minimum atomic E-state index is -1.30. The lowest BCUT2D eigenvalue weighted by Crippen LogP contribution is -2.02. The molecular weight excluding hydrogens is 272 g/mol. The third kappa shape index (κ3) is 4.03. The maximum Gasteiger partial charge on any atom is 0.511 e. The summed E-state index contributed by atoms with van der Waals surface area (Å²) in [7, 11) is 0. The van der Waals surface area contributed by atoms with Crippen molar-refractivity contribution < 1.29 is 14.6 Å². The van der Waals surface area contributed by atoms with Gasteiger partial charge >= 0.3 is 6.16 Å². The van der Waals surface area contributed by atoms with E-state index in [-0.39, 0.29) is 0 Å². The van der Waals surface area contributed by atoms with Gasteiger partial charge in [0.2, 0.25) is 0 Å². The van der Waals surface area contributed by atoms with Gasteiger partial charge < -0.3 is 9.84 Å². The third-order valence-electron chi connectivity index (χ3n) is 2.72. The third-order valence-corrected chi connectivity index (χ3v) is 3.94. The van der Waals surface area contributed by atoms with Crippen molar-refractivity contribution in [2.45, 2.75) is 18.2 Å². The van der Waals surface area contributed by atoms with Crippen molar-refractivity contribution in [3.05, 3.63) is 48.5 Å². The van der Waals surface area contributed by atoms with E-state index in [4.69, 9.17) is 5.11 Å². The molecule has 104 valence electrons. The van der Waals surface area contributed by atoms with Crippen LogP contribution in [-0.4, -0.2) is 17.0 Å². The number of carboxylic acid groups (broad SMARTS) is 1. The molecule has 0 atom stereocenters. The molecule has 0 fully saturated rings. The molecule has 2 aromatic rings. The number of ether oxygens (including phenoxy) is 1. The Hall–Kier alpha value is -1.94. The summed E-state index contributed by atoms with van der Waals surface area (Å²) in [5.41, 5.74) is 2.14. The fraction of sp³-hybridized carbons (Fsp3) is 0.188. The number of carbonyl (C=O) groups is 1. The van der Waals surface area contributed by atoms with Crippen LogP contribution < -0.4 is 4.74 Å². The Morgan fingerprint density at radius 2 is 1.60 bits per heavy atom. The van der Waals surface area contributed by atoms with Crippen LogP contribution in [-0.2, 0) is 0 Å². The zero-order valence-electron chi connectivity index (χ0n) is 11.2. The van der Waals surface area contributed by atoms with Crippen molar-refractivity contribution in [1.29, 1.82) is 0 Å². The van der Waals surface area contributed by atoms with Gasteiger partial charge in [0.15, 0.2) is 0 Å². The zero-order chi connectivity index (χ0) is 14.4. The van der Waals surface area contributed by atoms with Gasteiger partial charge in [-0.3, -0.25) is 0 Å². The average molecular weight is 288 g/mol. The SMILES string of the molecule is CCCSc1ccc(-c2ccc(OC(=O)O)cc2)cc1. The summed E-state index contributed by atoms with van der Waals surface area (Å²) in [6.07, 6.45) is -0.132. The summed E-state index contributed by atoms with van der Waals surface area (Å²) in [4.78, 5) is 11.7. The van der Waals surface area contributed by atoms with E-state index in [1.54, 1.807) is 12.1 Å². The van der Waals surface area contributed by atoms with Gasteiger partial charge in [-0.15, -0.1) is 11.8 Å². The minimum Gasteiger partial charge on any atom is -0.449 e. The number of thioether (sulfide) groups is 1. The van der Waals surface area contributed by atoms with Crippen LogP contribution in [0.5, 0.6) is 5.75 Å². The first-order chi connectivity index (χ1) is 9.69. The van der Waals surface area contributed by atoms with Gasteiger partial charge in [-0.1, -0.05) is 31.2 Å². The minimum absolute atomic E-state index is 0.330. The molecule has 1 N–H and O–H groups in total. The van der Waals surface area contributed by atoms with Gasteiger partial charge in [-0.25, -0.2) is 4.79 Å². The average Bonchev–Trinajstić information content (AvgIpc) is 2.46. The Morgan fingerprint density at radius 3 is 2.10 bits per heavy atom. The molecule has 0 radical (unpaired) electrons. The highest BCUT2D eigenvalue weighted by molar-refractivity contribution is 7.99. The molecule has 0 aliphatic carbocycles. The van der Waals surface area contributed by atoms with Gasteiger partial charge in [0.1, 0.15) is 5.75 Å². The molecule has 0 aliphatic heterocycles. The lowest BCUT2D eigenvalue weighted by Gasteiger charge is -2.05. The van der Waals surface area contributed by atoms with Gasteiger partial charge in [-0.05, 0) is 47.6 Å². The molecule has 0 saturated heterocycles. The molecule has 0 aliphatic rings. The van der Waals surface area contributed by atoms with Crippen molar-refractivity contribution >= 4 is 17.9 Å².